The summed E-state index contributed by atoms with van der Waals surface area (Å²) in [7, 11) is 2.03. The van der Waals surface area contributed by atoms with Gasteiger partial charge in [-0.1, -0.05) is 13.0 Å². The molecule has 0 saturated heterocycles. The number of aromatic nitrogens is 1. The molecule has 0 aliphatic rings. The number of aliphatic hydroxyl groups is 1. The number of hydrogen-bond acceptors (Lipinski definition) is 3. The fourth-order valence-corrected chi connectivity index (χ4v) is 1.25. The minimum Gasteiger partial charge on any atom is -0.390 e. The van der Waals surface area contributed by atoms with Crippen LogP contribution in [0.15, 0.2) is 18.2 Å². The number of pyridine rings is 1. The van der Waals surface area contributed by atoms with Gasteiger partial charge in [0, 0.05) is 13.1 Å². The number of rotatable bonds is 4. The number of anilines is 1. The number of hydrogen-bond donors (Lipinski definition) is 1. The Morgan fingerprint density at radius 1 is 1.50 bits per heavy atom. The lowest BCUT2D eigenvalue weighted by atomic mass is 10.2. The molecule has 0 amide bonds. The lowest BCUT2D eigenvalue weighted by molar-refractivity contribution is 0.277. The van der Waals surface area contributed by atoms with Crippen LogP contribution >= 0.6 is 0 Å². The van der Waals surface area contributed by atoms with Crippen LogP contribution in [0.2, 0.25) is 0 Å². The van der Waals surface area contributed by atoms with Gasteiger partial charge < -0.3 is 10.0 Å². The van der Waals surface area contributed by atoms with E-state index < -0.39 is 0 Å². The van der Waals surface area contributed by atoms with Crippen molar-refractivity contribution in [2.75, 3.05) is 11.9 Å². The summed E-state index contributed by atoms with van der Waals surface area (Å²) < 4.78 is 0. The fraction of sp³-hybridized carbons (Fsp3) is 0.545. The van der Waals surface area contributed by atoms with Crippen molar-refractivity contribution in [2.45, 2.75) is 32.9 Å². The van der Waals surface area contributed by atoms with Crippen LogP contribution in [-0.2, 0) is 6.61 Å². The van der Waals surface area contributed by atoms with Gasteiger partial charge in [0.15, 0.2) is 0 Å². The van der Waals surface area contributed by atoms with Crippen LogP contribution in [0.25, 0.3) is 0 Å². The molecular weight excluding hydrogens is 176 g/mol. The van der Waals surface area contributed by atoms with Crippen molar-refractivity contribution in [1.29, 1.82) is 0 Å². The van der Waals surface area contributed by atoms with Crippen molar-refractivity contribution in [3.8, 4) is 0 Å². The summed E-state index contributed by atoms with van der Waals surface area (Å²) in [5.74, 6) is 0.922. The summed E-state index contributed by atoms with van der Waals surface area (Å²) in [6, 6.07) is 6.18. The minimum atomic E-state index is 0.00217. The van der Waals surface area contributed by atoms with Gasteiger partial charge in [-0.15, -0.1) is 0 Å². The first kappa shape index (κ1) is 11.0. The Balaban J connectivity index is 2.83. The van der Waals surface area contributed by atoms with Gasteiger partial charge in [-0.2, -0.15) is 0 Å². The smallest absolute Gasteiger partial charge is 0.128 e. The third-order valence-electron chi connectivity index (χ3n) is 2.57. The van der Waals surface area contributed by atoms with Crippen molar-refractivity contribution < 1.29 is 5.11 Å². The van der Waals surface area contributed by atoms with E-state index >= 15 is 0 Å². The molecule has 0 aliphatic carbocycles. The summed E-state index contributed by atoms with van der Waals surface area (Å²) in [5.41, 5.74) is 0.720. The molecule has 1 aromatic heterocycles. The summed E-state index contributed by atoms with van der Waals surface area (Å²) in [5, 5.41) is 8.96. The van der Waals surface area contributed by atoms with Crippen molar-refractivity contribution in [3.05, 3.63) is 23.9 Å². The number of aliphatic hydroxyl groups excluding tert-OH is 1. The molecule has 1 atom stereocenters. The average Bonchev–Trinajstić information content (AvgIpc) is 2.27. The van der Waals surface area contributed by atoms with Gasteiger partial charge >= 0.3 is 0 Å². The van der Waals surface area contributed by atoms with Gasteiger partial charge in [0.05, 0.1) is 12.3 Å². The lowest BCUT2D eigenvalue weighted by Crippen LogP contribution is -2.28. The summed E-state index contributed by atoms with van der Waals surface area (Å²) in [6.07, 6.45) is 1.08. The van der Waals surface area contributed by atoms with E-state index in [-0.39, 0.29) is 6.61 Å². The molecular formula is C11H18N2O. The average molecular weight is 194 g/mol. The van der Waals surface area contributed by atoms with E-state index in [0.29, 0.717) is 6.04 Å². The molecule has 0 spiro atoms. The second-order valence-electron chi connectivity index (χ2n) is 3.51. The van der Waals surface area contributed by atoms with Gasteiger partial charge in [0.1, 0.15) is 5.82 Å². The van der Waals surface area contributed by atoms with E-state index in [0.717, 1.165) is 17.9 Å². The highest BCUT2D eigenvalue weighted by Crippen LogP contribution is 2.13. The zero-order valence-electron chi connectivity index (χ0n) is 9.07. The van der Waals surface area contributed by atoms with E-state index in [2.05, 4.69) is 23.7 Å². The monoisotopic (exact) mass is 194 g/mol. The highest BCUT2D eigenvalue weighted by atomic mass is 16.3. The van der Waals surface area contributed by atoms with E-state index in [1.807, 2.05) is 25.2 Å². The molecule has 3 heteroatoms. The molecule has 0 fully saturated rings. The van der Waals surface area contributed by atoms with Crippen LogP contribution in [0.3, 0.4) is 0 Å². The first-order valence-corrected chi connectivity index (χ1v) is 4.98. The molecule has 0 aromatic carbocycles. The second-order valence-corrected chi connectivity index (χ2v) is 3.51. The third-order valence-corrected chi connectivity index (χ3v) is 2.57. The molecule has 1 N–H and O–H groups in total. The standard InChI is InChI=1S/C11H18N2O/c1-4-9(2)13(3)11-7-5-6-10(8-14)12-11/h5-7,9,14H,4,8H2,1-3H3. The Kier molecular flexibility index (Phi) is 3.89. The van der Waals surface area contributed by atoms with Crippen molar-refractivity contribution in [1.82, 2.24) is 4.98 Å². The van der Waals surface area contributed by atoms with Crippen LogP contribution in [0, 0.1) is 0 Å². The largest absolute Gasteiger partial charge is 0.390 e. The maximum absolute atomic E-state index is 8.96. The molecule has 0 radical (unpaired) electrons. The molecule has 78 valence electrons. The first-order chi connectivity index (χ1) is 6.69. The normalized spacial score (nSPS) is 12.6. The molecule has 3 nitrogen and oxygen atoms in total. The van der Waals surface area contributed by atoms with Crippen LogP contribution in [0.5, 0.6) is 0 Å². The quantitative estimate of drug-likeness (QED) is 0.794. The highest BCUT2D eigenvalue weighted by Gasteiger charge is 2.08. The molecule has 14 heavy (non-hydrogen) atoms. The molecule has 0 aliphatic heterocycles. The van der Waals surface area contributed by atoms with Gasteiger partial charge in [-0.25, -0.2) is 4.98 Å². The first-order valence-electron chi connectivity index (χ1n) is 4.98. The zero-order chi connectivity index (χ0) is 10.6. The Morgan fingerprint density at radius 2 is 2.21 bits per heavy atom. The van der Waals surface area contributed by atoms with E-state index in [1.54, 1.807) is 0 Å². The molecule has 0 bridgehead atoms. The molecule has 1 heterocycles. The summed E-state index contributed by atoms with van der Waals surface area (Å²) in [4.78, 5) is 6.46. The fourth-order valence-electron chi connectivity index (χ4n) is 1.25. The summed E-state index contributed by atoms with van der Waals surface area (Å²) in [6.45, 7) is 4.31. The van der Waals surface area contributed by atoms with E-state index in [1.165, 1.54) is 0 Å². The topological polar surface area (TPSA) is 36.4 Å². The van der Waals surface area contributed by atoms with Crippen molar-refractivity contribution in [3.63, 3.8) is 0 Å². The Morgan fingerprint density at radius 3 is 2.79 bits per heavy atom. The van der Waals surface area contributed by atoms with Crippen LogP contribution < -0.4 is 4.90 Å². The summed E-state index contributed by atoms with van der Waals surface area (Å²) >= 11 is 0. The zero-order valence-corrected chi connectivity index (χ0v) is 9.07. The van der Waals surface area contributed by atoms with Crippen LogP contribution in [-0.4, -0.2) is 23.2 Å². The Hall–Kier alpha value is -1.09. The van der Waals surface area contributed by atoms with Gasteiger partial charge in [0.2, 0.25) is 0 Å². The lowest BCUT2D eigenvalue weighted by Gasteiger charge is -2.25. The van der Waals surface area contributed by atoms with Crippen LogP contribution in [0.1, 0.15) is 26.0 Å². The second kappa shape index (κ2) is 4.96. The van der Waals surface area contributed by atoms with Crippen LogP contribution in [0.4, 0.5) is 5.82 Å². The van der Waals surface area contributed by atoms with Gasteiger partial charge in [-0.3, -0.25) is 0 Å². The molecule has 1 aromatic rings. The molecule has 1 rings (SSSR count). The minimum absolute atomic E-state index is 0.00217. The number of nitrogens with zero attached hydrogens (tertiary/aromatic N) is 2. The predicted molar refractivity (Wildman–Crippen MR) is 58.3 cm³/mol. The highest BCUT2D eigenvalue weighted by molar-refractivity contribution is 5.39. The predicted octanol–water partition coefficient (Wildman–Crippen LogP) is 1.81. The SMILES string of the molecule is CCC(C)N(C)c1cccc(CO)n1. The maximum Gasteiger partial charge on any atom is 0.128 e. The Bertz CT molecular complexity index is 288. The maximum atomic E-state index is 8.96. The van der Waals surface area contributed by atoms with Gasteiger partial charge in [-0.05, 0) is 25.5 Å². The molecule has 0 saturated carbocycles. The van der Waals surface area contributed by atoms with Crippen molar-refractivity contribution >= 4 is 5.82 Å². The van der Waals surface area contributed by atoms with E-state index in [9.17, 15) is 0 Å². The van der Waals surface area contributed by atoms with Crippen molar-refractivity contribution in [2.24, 2.45) is 0 Å². The Labute approximate surface area is 85.4 Å². The molecule has 1 unspecified atom stereocenters. The third kappa shape index (κ3) is 2.45. The van der Waals surface area contributed by atoms with E-state index in [4.69, 9.17) is 5.11 Å². The van der Waals surface area contributed by atoms with Gasteiger partial charge in [0.25, 0.3) is 0 Å².